The summed E-state index contributed by atoms with van der Waals surface area (Å²) in [5.74, 6) is -2.61. The number of nitrogens with one attached hydrogen (secondary N) is 1. The van der Waals surface area contributed by atoms with E-state index in [-0.39, 0.29) is 15.9 Å². The predicted molar refractivity (Wildman–Crippen MR) is 81.7 cm³/mol. The topological polar surface area (TPSA) is 72.0 Å². The summed E-state index contributed by atoms with van der Waals surface area (Å²) in [6, 6.07) is 1.92. The largest absolute Gasteiger partial charge is 0.418 e. The lowest BCUT2D eigenvalue weighted by Crippen LogP contribution is -2.27. The van der Waals surface area contributed by atoms with Gasteiger partial charge < -0.3 is 5.32 Å². The quantitative estimate of drug-likeness (QED) is 0.756. The van der Waals surface area contributed by atoms with Crippen molar-refractivity contribution in [1.82, 2.24) is 9.97 Å². The Morgan fingerprint density at radius 2 is 1.60 bits per heavy atom. The van der Waals surface area contributed by atoms with Gasteiger partial charge in [-0.05, 0) is 34.1 Å². The predicted octanol–water partition coefficient (Wildman–Crippen LogP) is 3.73. The first-order valence-electron chi connectivity index (χ1n) is 6.64. The minimum atomic E-state index is -4.86. The highest BCUT2D eigenvalue weighted by Gasteiger charge is 2.37. The molecule has 1 aromatic heterocycles. The van der Waals surface area contributed by atoms with Crippen LogP contribution in [0.3, 0.4) is 0 Å². The third kappa shape index (κ3) is 3.04. The lowest BCUT2D eigenvalue weighted by molar-refractivity contribution is -0.137. The van der Waals surface area contributed by atoms with Crippen LogP contribution in [0.4, 0.5) is 23.2 Å². The number of benzene rings is 1. The number of anilines is 1. The van der Waals surface area contributed by atoms with Crippen LogP contribution < -0.4 is 5.32 Å². The van der Waals surface area contributed by atoms with Gasteiger partial charge >= 0.3 is 6.18 Å². The maximum Gasteiger partial charge on any atom is 0.418 e. The van der Waals surface area contributed by atoms with Crippen molar-refractivity contribution in [2.24, 2.45) is 0 Å². The lowest BCUT2D eigenvalue weighted by atomic mass is 10.0. The highest BCUT2D eigenvalue weighted by atomic mass is 79.9. The number of ketones is 2. The number of nitrogens with zero attached hydrogens (tertiary/aromatic N) is 2. The number of carbonyl (C=O) groups is 2. The Bertz CT molecular complexity index is 941. The molecule has 0 unspecified atom stereocenters. The Morgan fingerprint density at radius 1 is 1.00 bits per heavy atom. The van der Waals surface area contributed by atoms with E-state index in [4.69, 9.17) is 0 Å². The summed E-state index contributed by atoms with van der Waals surface area (Å²) in [5.41, 5.74) is -2.82. The summed E-state index contributed by atoms with van der Waals surface area (Å²) in [7, 11) is 0. The van der Waals surface area contributed by atoms with Gasteiger partial charge in [0.2, 0.25) is 11.6 Å². The Kier molecular flexibility index (Phi) is 4.15. The maximum absolute atomic E-state index is 13.2. The molecule has 0 saturated carbocycles. The molecule has 1 aliphatic rings. The molecular formula is C15H6BrF4N3O2. The zero-order valence-electron chi connectivity index (χ0n) is 12.0. The molecule has 1 N–H and O–H groups in total. The van der Waals surface area contributed by atoms with Crippen LogP contribution in [-0.4, -0.2) is 21.5 Å². The number of rotatable bonds is 2. The summed E-state index contributed by atoms with van der Waals surface area (Å²) >= 11 is 2.90. The summed E-state index contributed by atoms with van der Waals surface area (Å²) in [6.45, 7) is 0. The fourth-order valence-corrected chi connectivity index (χ4v) is 2.68. The van der Waals surface area contributed by atoms with Crippen LogP contribution in [0.15, 0.2) is 40.8 Å². The number of alkyl halides is 3. The normalized spacial score (nSPS) is 14.6. The van der Waals surface area contributed by atoms with Crippen LogP contribution in [0.2, 0.25) is 0 Å². The molecule has 0 spiro atoms. The molecule has 128 valence electrons. The van der Waals surface area contributed by atoms with Crippen LogP contribution in [0.1, 0.15) is 26.5 Å². The summed E-state index contributed by atoms with van der Waals surface area (Å²) in [5, 5.41) is 2.26. The average Bonchev–Trinajstić information content (AvgIpc) is 2.57. The van der Waals surface area contributed by atoms with Crippen molar-refractivity contribution < 1.29 is 27.2 Å². The third-order valence-electron chi connectivity index (χ3n) is 3.32. The molecule has 0 atom stereocenters. The third-order valence-corrected chi connectivity index (χ3v) is 4.08. The van der Waals surface area contributed by atoms with Crippen molar-refractivity contribution in [3.63, 3.8) is 0 Å². The molecule has 3 rings (SSSR count). The van der Waals surface area contributed by atoms with E-state index in [2.05, 4.69) is 31.2 Å². The van der Waals surface area contributed by atoms with Crippen molar-refractivity contribution >= 4 is 33.2 Å². The van der Waals surface area contributed by atoms with E-state index in [1.807, 2.05) is 0 Å². The number of hydrogen-bond acceptors (Lipinski definition) is 5. The monoisotopic (exact) mass is 415 g/mol. The molecule has 0 aliphatic heterocycles. The first-order chi connectivity index (χ1) is 11.7. The molecular weight excluding hydrogens is 410 g/mol. The van der Waals surface area contributed by atoms with Gasteiger partial charge in [-0.3, -0.25) is 9.59 Å². The Hall–Kier alpha value is -2.62. The molecule has 0 bridgehead atoms. The fraction of sp³-hybridized carbons (Fsp3) is 0.0667. The van der Waals surface area contributed by atoms with Gasteiger partial charge in [0, 0.05) is 12.4 Å². The first-order valence-corrected chi connectivity index (χ1v) is 7.43. The fourth-order valence-electron chi connectivity index (χ4n) is 2.21. The number of carbonyl (C=O) groups excluding carboxylic acids is 2. The highest BCUT2D eigenvalue weighted by molar-refractivity contribution is 9.12. The van der Waals surface area contributed by atoms with E-state index < -0.39 is 40.5 Å². The van der Waals surface area contributed by atoms with Crippen LogP contribution >= 0.6 is 15.9 Å². The minimum absolute atomic E-state index is 0.208. The van der Waals surface area contributed by atoms with Crippen LogP contribution in [0.5, 0.6) is 0 Å². The molecule has 1 aliphatic carbocycles. The molecule has 10 heteroatoms. The molecule has 0 fully saturated rings. The van der Waals surface area contributed by atoms with E-state index in [1.165, 1.54) is 12.4 Å². The van der Waals surface area contributed by atoms with Crippen molar-refractivity contribution in [3.05, 3.63) is 63.5 Å². The zero-order valence-corrected chi connectivity index (χ0v) is 13.6. The van der Waals surface area contributed by atoms with Gasteiger partial charge in [-0.25, -0.2) is 14.4 Å². The lowest BCUT2D eigenvalue weighted by Gasteiger charge is -2.20. The summed E-state index contributed by atoms with van der Waals surface area (Å²) in [6.07, 6.45) is -2.47. The van der Waals surface area contributed by atoms with Gasteiger partial charge in [0.25, 0.3) is 0 Å². The number of hydrogen-bond donors (Lipinski definition) is 1. The molecule has 0 amide bonds. The van der Waals surface area contributed by atoms with Gasteiger partial charge in [0.05, 0.1) is 15.7 Å². The average molecular weight is 416 g/mol. The molecule has 5 nitrogen and oxygen atoms in total. The van der Waals surface area contributed by atoms with Crippen LogP contribution in [0.25, 0.3) is 0 Å². The van der Waals surface area contributed by atoms with Crippen molar-refractivity contribution in [1.29, 1.82) is 0 Å². The van der Waals surface area contributed by atoms with Crippen LogP contribution in [-0.2, 0) is 6.18 Å². The summed E-state index contributed by atoms with van der Waals surface area (Å²) in [4.78, 5) is 32.2. The zero-order chi connectivity index (χ0) is 18.4. The van der Waals surface area contributed by atoms with E-state index >= 15 is 0 Å². The first kappa shape index (κ1) is 17.2. The highest BCUT2D eigenvalue weighted by Crippen LogP contribution is 2.37. The summed E-state index contributed by atoms with van der Waals surface area (Å²) < 4.78 is 52.1. The Labute approximate surface area is 145 Å². The molecule has 2 aromatic rings. The molecule has 0 saturated heterocycles. The van der Waals surface area contributed by atoms with Crippen molar-refractivity contribution in [2.75, 3.05) is 5.32 Å². The number of allylic oxidation sites excluding steroid dienone is 2. The number of fused-ring (bicyclic) bond motifs is 1. The Balaban J connectivity index is 2.09. The number of halogens is 5. The second kappa shape index (κ2) is 6.03. The van der Waals surface area contributed by atoms with Gasteiger partial charge in [0.15, 0.2) is 0 Å². The van der Waals surface area contributed by atoms with Gasteiger partial charge in [0.1, 0.15) is 22.9 Å². The Morgan fingerprint density at radius 3 is 2.20 bits per heavy atom. The van der Waals surface area contributed by atoms with E-state index in [1.54, 1.807) is 0 Å². The number of Topliss-reactive ketones (excluding diaryl/α,β-unsaturated/α-hetero) is 2. The van der Waals surface area contributed by atoms with E-state index in [9.17, 15) is 27.2 Å². The molecule has 25 heavy (non-hydrogen) atoms. The molecule has 0 radical (unpaired) electrons. The van der Waals surface area contributed by atoms with Crippen molar-refractivity contribution in [3.8, 4) is 0 Å². The van der Waals surface area contributed by atoms with Gasteiger partial charge in [-0.2, -0.15) is 13.2 Å². The SMILES string of the molecule is O=C1C(Br)=C(Nc2ccc(F)cc2C(F)(F)F)C(=O)c2nccnc21. The smallest absolute Gasteiger partial charge is 0.351 e. The standard InChI is InChI=1S/C15H6BrF4N3O2/c16-9-10(14(25)12-11(13(9)24)21-3-4-22-12)23-8-2-1-6(17)5-7(8)15(18,19)20/h1-5,23H. The second-order valence-corrected chi connectivity index (χ2v) is 5.71. The van der Waals surface area contributed by atoms with Crippen LogP contribution in [0, 0.1) is 5.82 Å². The molecule has 1 heterocycles. The number of aromatic nitrogens is 2. The maximum atomic E-state index is 13.2. The van der Waals surface area contributed by atoms with Gasteiger partial charge in [-0.15, -0.1) is 0 Å². The minimum Gasteiger partial charge on any atom is -0.351 e. The van der Waals surface area contributed by atoms with E-state index in [0.29, 0.717) is 6.07 Å². The van der Waals surface area contributed by atoms with E-state index in [0.717, 1.165) is 12.1 Å². The van der Waals surface area contributed by atoms with Gasteiger partial charge in [-0.1, -0.05) is 0 Å². The van der Waals surface area contributed by atoms with Crippen molar-refractivity contribution in [2.45, 2.75) is 6.18 Å². The molecule has 1 aromatic carbocycles. The second-order valence-electron chi connectivity index (χ2n) is 4.91.